The Bertz CT molecular complexity index is 564. The van der Waals surface area contributed by atoms with E-state index in [-0.39, 0.29) is 24.2 Å². The fraction of sp³-hybridized carbons (Fsp3) is 0.926. The van der Waals surface area contributed by atoms with Gasteiger partial charge in [-0.05, 0) is 58.8 Å². The molecular formula is C27H56N4O5. The molecule has 0 spiro atoms. The number of nitrogens with one attached hydrogen (secondary N) is 2. The van der Waals surface area contributed by atoms with Crippen LogP contribution in [0.1, 0.15) is 73.6 Å². The summed E-state index contributed by atoms with van der Waals surface area (Å²) in [6.45, 7) is 17.8. The van der Waals surface area contributed by atoms with E-state index in [2.05, 4.69) is 62.2 Å². The molecule has 0 heterocycles. The fourth-order valence-electron chi connectivity index (χ4n) is 3.54. The molecule has 0 fully saturated rings. The lowest BCUT2D eigenvalue weighted by molar-refractivity contribution is -0.118. The Morgan fingerprint density at radius 1 is 0.778 bits per heavy atom. The molecule has 9 nitrogen and oxygen atoms in total. The van der Waals surface area contributed by atoms with Gasteiger partial charge in [-0.2, -0.15) is 0 Å². The summed E-state index contributed by atoms with van der Waals surface area (Å²) in [5, 5.41) is 5.30. The first kappa shape index (κ1) is 34.6. The van der Waals surface area contributed by atoms with Crippen LogP contribution in [0.3, 0.4) is 0 Å². The Balaban J connectivity index is 4.82. The highest BCUT2D eigenvalue weighted by Gasteiger charge is 2.20. The molecule has 0 radical (unpaired) electrons. The first-order valence-corrected chi connectivity index (χ1v) is 13.9. The smallest absolute Gasteiger partial charge is 0.407 e. The van der Waals surface area contributed by atoms with E-state index in [0.717, 1.165) is 58.5 Å². The highest BCUT2D eigenvalue weighted by Crippen LogP contribution is 2.12. The molecule has 36 heavy (non-hydrogen) atoms. The molecule has 0 saturated heterocycles. The van der Waals surface area contributed by atoms with Gasteiger partial charge in [0, 0.05) is 39.7 Å². The third kappa shape index (κ3) is 18.8. The molecule has 0 aliphatic heterocycles. The summed E-state index contributed by atoms with van der Waals surface area (Å²) in [4.78, 5) is 27.7. The van der Waals surface area contributed by atoms with Gasteiger partial charge < -0.3 is 29.7 Å². The molecule has 0 rings (SSSR count). The molecule has 0 bridgehead atoms. The normalized spacial score (nSPS) is 14.9. The van der Waals surface area contributed by atoms with Gasteiger partial charge in [0.1, 0.15) is 6.10 Å². The minimum atomic E-state index is -0.488. The highest BCUT2D eigenvalue weighted by atomic mass is 16.6. The average Bonchev–Trinajstić information content (AvgIpc) is 2.84. The number of carbonyl (C=O) groups excluding carboxylic acids is 2. The second-order valence-electron chi connectivity index (χ2n) is 10.0. The largest absolute Gasteiger partial charge is 0.444 e. The molecule has 214 valence electrons. The van der Waals surface area contributed by atoms with Crippen LogP contribution in [0.4, 0.5) is 4.79 Å². The van der Waals surface area contributed by atoms with Crippen molar-refractivity contribution in [2.24, 2.45) is 5.92 Å². The van der Waals surface area contributed by atoms with Crippen LogP contribution in [-0.4, -0.2) is 107 Å². The summed E-state index contributed by atoms with van der Waals surface area (Å²) in [6.07, 6.45) is 4.22. The maximum Gasteiger partial charge on any atom is 0.407 e. The van der Waals surface area contributed by atoms with Gasteiger partial charge in [-0.3, -0.25) is 9.69 Å². The lowest BCUT2D eigenvalue weighted by Crippen LogP contribution is -2.42. The van der Waals surface area contributed by atoms with Crippen LogP contribution < -0.4 is 10.6 Å². The average molecular weight is 517 g/mol. The number of nitrogens with zero attached hydrogens (tertiary/aromatic N) is 2. The van der Waals surface area contributed by atoms with E-state index >= 15 is 0 Å². The van der Waals surface area contributed by atoms with Crippen molar-refractivity contribution in [2.45, 2.75) is 92.0 Å². The molecular weight excluding hydrogens is 460 g/mol. The van der Waals surface area contributed by atoms with Crippen molar-refractivity contribution >= 4 is 12.0 Å². The van der Waals surface area contributed by atoms with Crippen LogP contribution in [0.5, 0.6) is 0 Å². The Morgan fingerprint density at radius 3 is 1.83 bits per heavy atom. The van der Waals surface area contributed by atoms with Crippen LogP contribution >= 0.6 is 0 Å². The monoisotopic (exact) mass is 516 g/mol. The molecule has 0 aromatic heterocycles. The Labute approximate surface area is 221 Å². The van der Waals surface area contributed by atoms with Crippen molar-refractivity contribution in [1.29, 1.82) is 0 Å². The topological polar surface area (TPSA) is 92.4 Å². The van der Waals surface area contributed by atoms with Crippen LogP contribution in [0.15, 0.2) is 0 Å². The van der Waals surface area contributed by atoms with Gasteiger partial charge in [-0.1, -0.05) is 41.0 Å². The molecule has 0 saturated carbocycles. The first-order valence-electron chi connectivity index (χ1n) is 13.9. The van der Waals surface area contributed by atoms with E-state index in [4.69, 9.17) is 14.2 Å². The zero-order chi connectivity index (χ0) is 27.3. The third-order valence-corrected chi connectivity index (χ3v) is 6.24. The summed E-state index contributed by atoms with van der Waals surface area (Å²) in [6, 6.07) is 0. The van der Waals surface area contributed by atoms with Crippen molar-refractivity contribution in [3.63, 3.8) is 0 Å². The Kier molecular flexibility index (Phi) is 20.8. The SMILES string of the molecule is CCC(C)COC(CC)CN(CCCN(C)C)CC(CC)OCC(CC)OC(=O)NCCNC(C)=O. The molecule has 2 amide bonds. The number of rotatable bonds is 22. The van der Waals surface area contributed by atoms with Crippen LogP contribution in [-0.2, 0) is 19.0 Å². The van der Waals surface area contributed by atoms with Gasteiger partial charge >= 0.3 is 6.09 Å². The molecule has 0 aliphatic rings. The maximum absolute atomic E-state index is 12.1. The Hall–Kier alpha value is -1.42. The van der Waals surface area contributed by atoms with Gasteiger partial charge in [0.15, 0.2) is 0 Å². The van der Waals surface area contributed by atoms with E-state index in [1.54, 1.807) is 0 Å². The second-order valence-corrected chi connectivity index (χ2v) is 10.0. The fourth-order valence-corrected chi connectivity index (χ4v) is 3.54. The minimum Gasteiger partial charge on any atom is -0.444 e. The number of hydrogen-bond donors (Lipinski definition) is 2. The van der Waals surface area contributed by atoms with Gasteiger partial charge in [0.25, 0.3) is 0 Å². The van der Waals surface area contributed by atoms with Gasteiger partial charge in [-0.15, -0.1) is 0 Å². The van der Waals surface area contributed by atoms with Crippen molar-refractivity contribution in [2.75, 3.05) is 66.6 Å². The van der Waals surface area contributed by atoms with Gasteiger partial charge in [0.05, 0.1) is 18.8 Å². The zero-order valence-corrected chi connectivity index (χ0v) is 24.4. The number of ether oxygens (including phenoxy) is 3. The molecule has 4 unspecified atom stereocenters. The van der Waals surface area contributed by atoms with Gasteiger partial charge in [0.2, 0.25) is 5.91 Å². The van der Waals surface area contributed by atoms with E-state index in [1.807, 2.05) is 6.92 Å². The van der Waals surface area contributed by atoms with Crippen LogP contribution in [0.2, 0.25) is 0 Å². The van der Waals surface area contributed by atoms with E-state index in [1.165, 1.54) is 6.92 Å². The molecule has 0 aliphatic carbocycles. The molecule has 4 atom stereocenters. The predicted molar refractivity (Wildman–Crippen MR) is 146 cm³/mol. The van der Waals surface area contributed by atoms with Gasteiger partial charge in [-0.25, -0.2) is 4.79 Å². The summed E-state index contributed by atoms with van der Waals surface area (Å²) in [7, 11) is 4.21. The van der Waals surface area contributed by atoms with E-state index in [0.29, 0.717) is 32.0 Å². The van der Waals surface area contributed by atoms with E-state index < -0.39 is 6.09 Å². The van der Waals surface area contributed by atoms with Crippen molar-refractivity contribution < 1.29 is 23.8 Å². The quantitative estimate of drug-likeness (QED) is 0.213. The minimum absolute atomic E-state index is 0.0527. The molecule has 2 N–H and O–H groups in total. The number of alkyl carbamates (subject to hydrolysis) is 1. The predicted octanol–water partition coefficient (Wildman–Crippen LogP) is 3.52. The van der Waals surface area contributed by atoms with Crippen molar-refractivity contribution in [1.82, 2.24) is 20.4 Å². The molecule has 0 aromatic carbocycles. The van der Waals surface area contributed by atoms with Crippen molar-refractivity contribution in [3.8, 4) is 0 Å². The first-order chi connectivity index (χ1) is 17.1. The summed E-state index contributed by atoms with van der Waals surface area (Å²) in [5.74, 6) is 0.445. The number of hydrogen-bond acceptors (Lipinski definition) is 7. The summed E-state index contributed by atoms with van der Waals surface area (Å²) < 4.78 is 18.0. The third-order valence-electron chi connectivity index (χ3n) is 6.24. The lowest BCUT2D eigenvalue weighted by Gasteiger charge is -2.31. The maximum atomic E-state index is 12.1. The van der Waals surface area contributed by atoms with Crippen LogP contribution in [0.25, 0.3) is 0 Å². The molecule has 0 aromatic rings. The number of carbonyl (C=O) groups is 2. The Morgan fingerprint density at radius 2 is 1.33 bits per heavy atom. The lowest BCUT2D eigenvalue weighted by atomic mass is 10.1. The van der Waals surface area contributed by atoms with Crippen LogP contribution in [0, 0.1) is 5.92 Å². The molecule has 9 heteroatoms. The van der Waals surface area contributed by atoms with E-state index in [9.17, 15) is 9.59 Å². The van der Waals surface area contributed by atoms with Crippen molar-refractivity contribution in [3.05, 3.63) is 0 Å². The highest BCUT2D eigenvalue weighted by molar-refractivity contribution is 5.73. The summed E-state index contributed by atoms with van der Waals surface area (Å²) in [5.41, 5.74) is 0. The number of amides is 2. The second kappa shape index (κ2) is 21.6. The standard InChI is InChI=1S/C27H56N4O5/c1-9-22(5)20-34-24(10-2)18-31(17-13-16-30(7)8)19-25(11-3)35-21-26(12-4)36-27(33)29-15-14-28-23(6)32/h22,24-26H,9-21H2,1-8H3,(H,28,32)(H,29,33). The zero-order valence-electron chi connectivity index (χ0n) is 24.4. The summed E-state index contributed by atoms with van der Waals surface area (Å²) >= 11 is 0.